The molecule has 1 aromatic heterocycles. The number of carbonyl (C=O) groups is 1. The molecule has 11 nitrogen and oxygen atoms in total. The van der Waals surface area contributed by atoms with E-state index in [4.69, 9.17) is 20.1 Å². The first-order chi connectivity index (χ1) is 15.5. The average Bonchev–Trinajstić information content (AvgIpc) is 3.17. The molecule has 32 heavy (non-hydrogen) atoms. The minimum atomic E-state index is -0.204. The van der Waals surface area contributed by atoms with Crippen LogP contribution in [-0.4, -0.2) is 54.1 Å². The van der Waals surface area contributed by atoms with E-state index in [0.717, 1.165) is 17.3 Å². The van der Waals surface area contributed by atoms with Crippen LogP contribution >= 0.6 is 11.8 Å². The number of aromatic nitrogens is 3. The lowest BCUT2D eigenvalue weighted by molar-refractivity contribution is -0.113. The highest BCUT2D eigenvalue weighted by Crippen LogP contribution is 2.27. The zero-order valence-corrected chi connectivity index (χ0v) is 18.5. The summed E-state index contributed by atoms with van der Waals surface area (Å²) in [5, 5.41) is 15.2. The van der Waals surface area contributed by atoms with Crippen molar-refractivity contribution < 1.29 is 19.0 Å². The van der Waals surface area contributed by atoms with Gasteiger partial charge in [-0.05, 0) is 48.0 Å². The number of hydrogen-bond acceptors (Lipinski definition) is 10. The van der Waals surface area contributed by atoms with Gasteiger partial charge in [-0.2, -0.15) is 5.10 Å². The molecule has 0 saturated carbocycles. The zero-order chi connectivity index (χ0) is 22.9. The SMILES string of the molecule is COc1ccc(NC(=O)CSc2nnc(N/N=C/c3ccc(OC)c(OC)c3)n2N)cc1. The first-order valence-electron chi connectivity index (χ1n) is 9.32. The van der Waals surface area contributed by atoms with Crippen LogP contribution < -0.4 is 30.8 Å². The predicted molar refractivity (Wildman–Crippen MR) is 123 cm³/mol. The van der Waals surface area contributed by atoms with Crippen molar-refractivity contribution in [1.82, 2.24) is 14.9 Å². The van der Waals surface area contributed by atoms with Crippen LogP contribution in [0.3, 0.4) is 0 Å². The lowest BCUT2D eigenvalue weighted by Crippen LogP contribution is -2.16. The van der Waals surface area contributed by atoms with Gasteiger partial charge in [0.15, 0.2) is 11.5 Å². The summed E-state index contributed by atoms with van der Waals surface area (Å²) in [6.45, 7) is 0. The number of nitrogens with zero attached hydrogens (tertiary/aromatic N) is 4. The predicted octanol–water partition coefficient (Wildman–Crippen LogP) is 2.19. The summed E-state index contributed by atoms with van der Waals surface area (Å²) in [4.78, 5) is 12.2. The standard InChI is InChI=1S/C20H23N7O4S/c1-29-15-7-5-14(6-8-15)23-18(28)12-32-20-26-25-19(27(20)21)24-22-11-13-4-9-16(30-2)17(10-13)31-3/h4-11H,12,21H2,1-3H3,(H,23,28)(H,24,25)/b22-11+. The quantitative estimate of drug-likeness (QED) is 0.181. The van der Waals surface area contributed by atoms with Crippen molar-refractivity contribution in [2.45, 2.75) is 5.16 Å². The number of carbonyl (C=O) groups excluding carboxylic acids is 1. The van der Waals surface area contributed by atoms with E-state index < -0.39 is 0 Å². The number of benzene rings is 2. The first-order valence-corrected chi connectivity index (χ1v) is 10.3. The number of nitrogen functional groups attached to an aromatic ring is 1. The third kappa shape index (κ3) is 5.82. The van der Waals surface area contributed by atoms with Crippen LogP contribution in [0, 0.1) is 0 Å². The van der Waals surface area contributed by atoms with Gasteiger partial charge in [-0.15, -0.1) is 10.2 Å². The Morgan fingerprint density at radius 3 is 2.53 bits per heavy atom. The maximum absolute atomic E-state index is 12.2. The lowest BCUT2D eigenvalue weighted by Gasteiger charge is -2.07. The van der Waals surface area contributed by atoms with E-state index in [1.54, 1.807) is 63.9 Å². The summed E-state index contributed by atoms with van der Waals surface area (Å²) in [7, 11) is 4.71. The number of hydrazone groups is 1. The Hall–Kier alpha value is -3.93. The summed E-state index contributed by atoms with van der Waals surface area (Å²) in [6.07, 6.45) is 1.58. The van der Waals surface area contributed by atoms with Crippen LogP contribution in [0.2, 0.25) is 0 Å². The minimum Gasteiger partial charge on any atom is -0.497 e. The Labute approximate surface area is 188 Å². The molecular weight excluding hydrogens is 434 g/mol. The largest absolute Gasteiger partial charge is 0.497 e. The van der Waals surface area contributed by atoms with Crippen LogP contribution in [0.15, 0.2) is 52.7 Å². The number of nitrogens with two attached hydrogens (primary N) is 1. The van der Waals surface area contributed by atoms with Crippen LogP contribution in [0.4, 0.5) is 11.6 Å². The number of methoxy groups -OCH3 is 3. The molecule has 0 unspecified atom stereocenters. The number of amides is 1. The summed E-state index contributed by atoms with van der Waals surface area (Å²) in [6, 6.07) is 12.4. The molecule has 3 rings (SSSR count). The molecular formula is C20H23N7O4S. The summed E-state index contributed by atoms with van der Waals surface area (Å²) < 4.78 is 16.8. The van der Waals surface area contributed by atoms with Crippen molar-refractivity contribution in [3.63, 3.8) is 0 Å². The maximum Gasteiger partial charge on any atom is 0.264 e. The van der Waals surface area contributed by atoms with Crippen LogP contribution in [0.5, 0.6) is 17.2 Å². The van der Waals surface area contributed by atoms with E-state index in [1.807, 2.05) is 6.07 Å². The van der Waals surface area contributed by atoms with E-state index in [9.17, 15) is 4.79 Å². The van der Waals surface area contributed by atoms with Crippen molar-refractivity contribution in [1.29, 1.82) is 0 Å². The molecule has 0 bridgehead atoms. The van der Waals surface area contributed by atoms with Gasteiger partial charge in [-0.3, -0.25) is 4.79 Å². The summed E-state index contributed by atoms with van der Waals surface area (Å²) >= 11 is 1.15. The van der Waals surface area contributed by atoms with E-state index >= 15 is 0 Å². The fourth-order valence-corrected chi connectivity index (χ4v) is 3.21. The van der Waals surface area contributed by atoms with Gasteiger partial charge in [0.1, 0.15) is 5.75 Å². The second kappa shape index (κ2) is 10.9. The van der Waals surface area contributed by atoms with E-state index in [0.29, 0.717) is 28.1 Å². The Kier molecular flexibility index (Phi) is 7.75. The number of rotatable bonds is 10. The van der Waals surface area contributed by atoms with Gasteiger partial charge in [0.2, 0.25) is 11.1 Å². The van der Waals surface area contributed by atoms with Crippen LogP contribution in [-0.2, 0) is 4.79 Å². The van der Waals surface area contributed by atoms with Crippen molar-refractivity contribution in [3.05, 3.63) is 48.0 Å². The molecule has 0 saturated heterocycles. The molecule has 3 aromatic rings. The molecule has 0 radical (unpaired) electrons. The smallest absolute Gasteiger partial charge is 0.264 e. The molecule has 1 heterocycles. The highest BCUT2D eigenvalue weighted by atomic mass is 32.2. The maximum atomic E-state index is 12.2. The highest BCUT2D eigenvalue weighted by molar-refractivity contribution is 7.99. The minimum absolute atomic E-state index is 0.107. The normalized spacial score (nSPS) is 10.7. The molecule has 0 aliphatic carbocycles. The van der Waals surface area contributed by atoms with Gasteiger partial charge in [-0.25, -0.2) is 10.1 Å². The van der Waals surface area contributed by atoms with Crippen LogP contribution in [0.25, 0.3) is 0 Å². The molecule has 0 aliphatic heterocycles. The number of nitrogens with one attached hydrogen (secondary N) is 2. The average molecular weight is 458 g/mol. The Morgan fingerprint density at radius 2 is 1.84 bits per heavy atom. The number of thioether (sulfide) groups is 1. The molecule has 0 fully saturated rings. The van der Waals surface area contributed by atoms with Crippen molar-refractivity contribution in [2.75, 3.05) is 43.7 Å². The Morgan fingerprint density at radius 1 is 1.09 bits per heavy atom. The molecule has 4 N–H and O–H groups in total. The second-order valence-electron chi connectivity index (χ2n) is 6.23. The van der Waals surface area contributed by atoms with Gasteiger partial charge in [0.05, 0.1) is 33.3 Å². The summed E-state index contributed by atoms with van der Waals surface area (Å²) in [5.41, 5.74) is 4.17. The number of anilines is 2. The fourth-order valence-electron chi connectivity index (χ4n) is 2.55. The zero-order valence-electron chi connectivity index (χ0n) is 17.7. The molecule has 12 heteroatoms. The van der Waals surface area contributed by atoms with Crippen molar-refractivity contribution >= 4 is 35.5 Å². The molecule has 0 atom stereocenters. The Bertz CT molecular complexity index is 1090. The molecule has 0 spiro atoms. The highest BCUT2D eigenvalue weighted by Gasteiger charge is 2.12. The van der Waals surface area contributed by atoms with Crippen molar-refractivity contribution in [2.24, 2.45) is 5.10 Å². The monoisotopic (exact) mass is 457 g/mol. The fraction of sp³-hybridized carbons (Fsp3) is 0.200. The topological polar surface area (TPSA) is 138 Å². The molecule has 0 aliphatic rings. The van der Waals surface area contributed by atoms with Gasteiger partial charge >= 0.3 is 0 Å². The van der Waals surface area contributed by atoms with E-state index in [2.05, 4.69) is 26.0 Å². The molecule has 2 aromatic carbocycles. The second-order valence-corrected chi connectivity index (χ2v) is 7.17. The molecule has 1 amide bonds. The number of hydrogen-bond donors (Lipinski definition) is 3. The van der Waals surface area contributed by atoms with E-state index in [1.165, 1.54) is 4.68 Å². The van der Waals surface area contributed by atoms with E-state index in [-0.39, 0.29) is 17.6 Å². The van der Waals surface area contributed by atoms with Crippen LogP contribution in [0.1, 0.15) is 5.56 Å². The van der Waals surface area contributed by atoms with Crippen molar-refractivity contribution in [3.8, 4) is 17.2 Å². The van der Waals surface area contributed by atoms with Gasteiger partial charge < -0.3 is 25.4 Å². The third-order valence-electron chi connectivity index (χ3n) is 4.16. The van der Waals surface area contributed by atoms with Gasteiger partial charge in [-0.1, -0.05) is 11.8 Å². The summed E-state index contributed by atoms with van der Waals surface area (Å²) in [5.74, 6) is 8.04. The first kappa shape index (κ1) is 22.7. The number of ether oxygens (including phenoxy) is 3. The van der Waals surface area contributed by atoms with Gasteiger partial charge in [0, 0.05) is 5.69 Å². The van der Waals surface area contributed by atoms with Gasteiger partial charge in [0.25, 0.3) is 5.95 Å². The Balaban J connectivity index is 1.53. The third-order valence-corrected chi connectivity index (χ3v) is 5.10. The molecule has 168 valence electrons. The lowest BCUT2D eigenvalue weighted by atomic mass is 10.2.